The SMILES string of the molecule is Cc1cc(C)n(-c2ccc(N3CCC[C@H](C(=O)Nc4ccc(-n5cnnn5)cc4)C3)nn2)n1. The number of tetrazole rings is 1. The highest BCUT2D eigenvalue weighted by Crippen LogP contribution is 2.23. The number of piperidine rings is 1. The van der Waals surface area contributed by atoms with Gasteiger partial charge in [-0.25, -0.2) is 9.36 Å². The van der Waals surface area contributed by atoms with Crippen LogP contribution in [0.1, 0.15) is 24.2 Å². The number of aromatic nitrogens is 8. The maximum Gasteiger partial charge on any atom is 0.229 e. The zero-order valence-electron chi connectivity index (χ0n) is 18.5. The number of benzene rings is 1. The Labute approximate surface area is 190 Å². The Bertz CT molecular complexity index is 1230. The Morgan fingerprint density at radius 3 is 2.52 bits per heavy atom. The quantitative estimate of drug-likeness (QED) is 0.497. The van der Waals surface area contributed by atoms with Gasteiger partial charge < -0.3 is 10.2 Å². The van der Waals surface area contributed by atoms with Gasteiger partial charge in [0.25, 0.3) is 0 Å². The van der Waals surface area contributed by atoms with Gasteiger partial charge in [0.05, 0.1) is 17.3 Å². The molecule has 1 fully saturated rings. The molecule has 0 saturated carbocycles. The molecule has 0 unspecified atom stereocenters. The van der Waals surface area contributed by atoms with Crippen molar-refractivity contribution in [1.29, 1.82) is 0 Å². The number of rotatable bonds is 5. The Balaban J connectivity index is 1.23. The van der Waals surface area contributed by atoms with Crippen molar-refractivity contribution in [3.8, 4) is 11.5 Å². The molecule has 11 nitrogen and oxygen atoms in total. The first-order valence-electron chi connectivity index (χ1n) is 10.8. The van der Waals surface area contributed by atoms with E-state index in [-0.39, 0.29) is 11.8 Å². The van der Waals surface area contributed by atoms with Crippen molar-refractivity contribution >= 4 is 17.4 Å². The number of anilines is 2. The van der Waals surface area contributed by atoms with Gasteiger partial charge in [-0.2, -0.15) is 5.10 Å². The molecule has 0 spiro atoms. The summed E-state index contributed by atoms with van der Waals surface area (Å²) in [6.07, 6.45) is 3.27. The number of aryl methyl sites for hydroxylation is 2. The largest absolute Gasteiger partial charge is 0.354 e. The molecule has 1 atom stereocenters. The molecule has 1 N–H and O–H groups in total. The van der Waals surface area contributed by atoms with Crippen LogP contribution in [0.25, 0.3) is 11.5 Å². The third kappa shape index (κ3) is 4.43. The highest BCUT2D eigenvalue weighted by molar-refractivity contribution is 5.93. The van der Waals surface area contributed by atoms with Crippen LogP contribution >= 0.6 is 0 Å². The summed E-state index contributed by atoms with van der Waals surface area (Å²) in [5.41, 5.74) is 3.51. The lowest BCUT2D eigenvalue weighted by molar-refractivity contribution is -0.120. The lowest BCUT2D eigenvalue weighted by Crippen LogP contribution is -2.41. The Hall–Kier alpha value is -4.15. The van der Waals surface area contributed by atoms with Crippen molar-refractivity contribution in [1.82, 2.24) is 40.2 Å². The Morgan fingerprint density at radius 1 is 1.06 bits per heavy atom. The lowest BCUT2D eigenvalue weighted by atomic mass is 9.97. The van der Waals surface area contributed by atoms with Gasteiger partial charge in [0, 0.05) is 24.5 Å². The van der Waals surface area contributed by atoms with Crippen LogP contribution in [0, 0.1) is 19.8 Å². The molecular weight excluding hydrogens is 420 g/mol. The standard InChI is InChI=1S/C22H24N10O/c1-15-12-16(2)32(27-15)21-10-9-20(25-26-21)30-11-3-4-17(13-30)22(33)24-18-5-7-19(8-6-18)31-14-23-28-29-31/h5-10,12,14,17H,3-4,11,13H2,1-2H3,(H,24,33)/t17-/m0/s1. The van der Waals surface area contributed by atoms with Gasteiger partial charge in [-0.15, -0.1) is 15.3 Å². The molecule has 0 radical (unpaired) electrons. The van der Waals surface area contributed by atoms with E-state index in [9.17, 15) is 4.79 Å². The number of carbonyl (C=O) groups excluding carboxylic acids is 1. The highest BCUT2D eigenvalue weighted by Gasteiger charge is 2.27. The first-order valence-corrected chi connectivity index (χ1v) is 10.8. The van der Waals surface area contributed by atoms with Gasteiger partial charge in [-0.05, 0) is 79.6 Å². The van der Waals surface area contributed by atoms with E-state index < -0.39 is 0 Å². The summed E-state index contributed by atoms with van der Waals surface area (Å²) in [5, 5.41) is 27.4. The van der Waals surface area contributed by atoms with Crippen molar-refractivity contribution < 1.29 is 4.79 Å². The minimum Gasteiger partial charge on any atom is -0.354 e. The maximum atomic E-state index is 12.9. The molecule has 4 aromatic rings. The van der Waals surface area contributed by atoms with Gasteiger partial charge in [0.15, 0.2) is 11.6 Å². The summed E-state index contributed by atoms with van der Waals surface area (Å²) in [6, 6.07) is 13.3. The minimum absolute atomic E-state index is 0.00194. The van der Waals surface area contributed by atoms with E-state index >= 15 is 0 Å². The molecule has 1 amide bonds. The van der Waals surface area contributed by atoms with Gasteiger partial charge in [0.1, 0.15) is 6.33 Å². The normalized spacial score (nSPS) is 16.1. The average molecular weight is 445 g/mol. The summed E-state index contributed by atoms with van der Waals surface area (Å²) in [5.74, 6) is 1.32. The first-order chi connectivity index (χ1) is 16.1. The smallest absolute Gasteiger partial charge is 0.229 e. The molecule has 4 heterocycles. The molecule has 168 valence electrons. The van der Waals surface area contributed by atoms with E-state index in [0.717, 1.165) is 48.0 Å². The van der Waals surface area contributed by atoms with Crippen LogP contribution in [0.15, 0.2) is 48.8 Å². The first kappa shape index (κ1) is 20.7. The molecule has 0 aliphatic carbocycles. The number of carbonyl (C=O) groups is 1. The highest BCUT2D eigenvalue weighted by atomic mass is 16.1. The second-order valence-electron chi connectivity index (χ2n) is 8.16. The fourth-order valence-corrected chi connectivity index (χ4v) is 4.08. The fourth-order valence-electron chi connectivity index (χ4n) is 4.08. The van der Waals surface area contributed by atoms with E-state index in [2.05, 4.69) is 41.0 Å². The van der Waals surface area contributed by atoms with Crippen LogP contribution in [0.4, 0.5) is 11.5 Å². The average Bonchev–Trinajstić information content (AvgIpc) is 3.49. The summed E-state index contributed by atoms with van der Waals surface area (Å²) >= 11 is 0. The van der Waals surface area contributed by atoms with Crippen LogP contribution in [0.5, 0.6) is 0 Å². The number of hydrogen-bond acceptors (Lipinski definition) is 8. The van der Waals surface area contributed by atoms with Crippen LogP contribution in [0.3, 0.4) is 0 Å². The predicted molar refractivity (Wildman–Crippen MR) is 121 cm³/mol. The van der Waals surface area contributed by atoms with Crippen LogP contribution in [0.2, 0.25) is 0 Å². The van der Waals surface area contributed by atoms with E-state index in [1.807, 2.05) is 56.3 Å². The zero-order chi connectivity index (χ0) is 22.8. The summed E-state index contributed by atoms with van der Waals surface area (Å²) in [6.45, 7) is 5.39. The van der Waals surface area contributed by atoms with E-state index in [1.54, 1.807) is 9.36 Å². The van der Waals surface area contributed by atoms with E-state index in [1.165, 1.54) is 6.33 Å². The monoisotopic (exact) mass is 444 g/mol. The molecule has 0 bridgehead atoms. The van der Waals surface area contributed by atoms with Gasteiger partial charge >= 0.3 is 0 Å². The van der Waals surface area contributed by atoms with Crippen LogP contribution < -0.4 is 10.2 Å². The van der Waals surface area contributed by atoms with Gasteiger partial charge in [-0.1, -0.05) is 0 Å². The second-order valence-corrected chi connectivity index (χ2v) is 8.16. The maximum absolute atomic E-state index is 12.9. The molecule has 1 aromatic carbocycles. The zero-order valence-corrected chi connectivity index (χ0v) is 18.5. The number of nitrogens with zero attached hydrogens (tertiary/aromatic N) is 9. The van der Waals surface area contributed by atoms with Crippen molar-refractivity contribution in [2.24, 2.45) is 5.92 Å². The molecule has 11 heteroatoms. The number of amides is 1. The fraction of sp³-hybridized carbons (Fsp3) is 0.318. The van der Waals surface area contributed by atoms with E-state index in [4.69, 9.17) is 0 Å². The van der Waals surface area contributed by atoms with E-state index in [0.29, 0.717) is 12.4 Å². The summed E-state index contributed by atoms with van der Waals surface area (Å²) in [4.78, 5) is 15.0. The Kier molecular flexibility index (Phi) is 5.51. The van der Waals surface area contributed by atoms with Crippen molar-refractivity contribution in [2.45, 2.75) is 26.7 Å². The third-order valence-corrected chi connectivity index (χ3v) is 5.73. The predicted octanol–water partition coefficient (Wildman–Crippen LogP) is 2.11. The summed E-state index contributed by atoms with van der Waals surface area (Å²) in [7, 11) is 0. The molecule has 5 rings (SSSR count). The molecule has 1 aliphatic rings. The molecule has 3 aromatic heterocycles. The molecule has 33 heavy (non-hydrogen) atoms. The van der Waals surface area contributed by atoms with Crippen LogP contribution in [-0.2, 0) is 4.79 Å². The number of hydrogen-bond donors (Lipinski definition) is 1. The van der Waals surface area contributed by atoms with Crippen molar-refractivity contribution in [3.05, 3.63) is 60.2 Å². The lowest BCUT2D eigenvalue weighted by Gasteiger charge is -2.32. The van der Waals surface area contributed by atoms with Gasteiger partial charge in [0.2, 0.25) is 5.91 Å². The molecule has 1 saturated heterocycles. The van der Waals surface area contributed by atoms with Crippen molar-refractivity contribution in [3.63, 3.8) is 0 Å². The van der Waals surface area contributed by atoms with Gasteiger partial charge in [-0.3, -0.25) is 4.79 Å². The minimum atomic E-state index is -0.129. The topological polar surface area (TPSA) is 120 Å². The second kappa shape index (κ2) is 8.77. The molecule has 1 aliphatic heterocycles. The number of nitrogens with one attached hydrogen (secondary N) is 1. The Morgan fingerprint density at radius 2 is 1.85 bits per heavy atom. The molecular formula is C22H24N10O. The third-order valence-electron chi connectivity index (χ3n) is 5.73. The van der Waals surface area contributed by atoms with Crippen LogP contribution in [-0.4, -0.2) is 59.2 Å². The van der Waals surface area contributed by atoms with Crippen molar-refractivity contribution in [2.75, 3.05) is 23.3 Å². The summed E-state index contributed by atoms with van der Waals surface area (Å²) < 4.78 is 3.34.